The van der Waals surface area contributed by atoms with E-state index in [4.69, 9.17) is 5.73 Å². The fourth-order valence-electron chi connectivity index (χ4n) is 1.02. The fourth-order valence-corrected chi connectivity index (χ4v) is 2.22. The SMILES string of the molecule is C[C@H](CN)NS(=O)(=O)c1ccc([N+](=O)[O-])nc1. The average molecular weight is 260 g/mol. The lowest BCUT2D eigenvalue weighted by molar-refractivity contribution is -0.389. The molecule has 0 aromatic carbocycles. The van der Waals surface area contributed by atoms with Crippen molar-refractivity contribution < 1.29 is 13.3 Å². The zero-order valence-electron chi connectivity index (χ0n) is 9.03. The predicted molar refractivity (Wildman–Crippen MR) is 59.7 cm³/mol. The minimum absolute atomic E-state index is 0.136. The first-order valence-electron chi connectivity index (χ1n) is 4.69. The smallest absolute Gasteiger partial charge is 0.358 e. The Hall–Kier alpha value is -1.58. The molecule has 0 saturated heterocycles. The molecule has 9 heteroatoms. The molecule has 0 bridgehead atoms. The van der Waals surface area contributed by atoms with Crippen LogP contribution in [0.5, 0.6) is 0 Å². The maximum Gasteiger partial charge on any atom is 0.363 e. The molecule has 1 rings (SSSR count). The van der Waals surface area contributed by atoms with Crippen LogP contribution in [0.1, 0.15) is 6.92 Å². The summed E-state index contributed by atoms with van der Waals surface area (Å²) in [4.78, 5) is 12.9. The van der Waals surface area contributed by atoms with Gasteiger partial charge in [0.1, 0.15) is 4.90 Å². The summed E-state index contributed by atoms with van der Waals surface area (Å²) >= 11 is 0. The van der Waals surface area contributed by atoms with Crippen molar-refractivity contribution in [3.05, 3.63) is 28.4 Å². The first kappa shape index (κ1) is 13.5. The van der Waals surface area contributed by atoms with Crippen molar-refractivity contribution in [3.8, 4) is 0 Å². The van der Waals surface area contributed by atoms with E-state index in [0.29, 0.717) is 0 Å². The zero-order chi connectivity index (χ0) is 13.1. The molecule has 1 aromatic heterocycles. The van der Waals surface area contributed by atoms with Crippen LogP contribution in [-0.4, -0.2) is 30.9 Å². The highest BCUT2D eigenvalue weighted by Crippen LogP contribution is 2.12. The Balaban J connectivity index is 2.96. The van der Waals surface area contributed by atoms with Gasteiger partial charge in [0.25, 0.3) is 0 Å². The van der Waals surface area contributed by atoms with Crippen LogP contribution in [0, 0.1) is 10.1 Å². The number of rotatable bonds is 5. The quantitative estimate of drug-likeness (QED) is 0.548. The molecule has 0 unspecified atom stereocenters. The van der Waals surface area contributed by atoms with Crippen molar-refractivity contribution in [2.24, 2.45) is 5.73 Å². The number of hydrogen-bond acceptors (Lipinski definition) is 6. The van der Waals surface area contributed by atoms with Crippen LogP contribution in [-0.2, 0) is 10.0 Å². The van der Waals surface area contributed by atoms with Gasteiger partial charge in [0.2, 0.25) is 10.0 Å². The van der Waals surface area contributed by atoms with E-state index in [1.807, 2.05) is 0 Å². The maximum atomic E-state index is 11.7. The van der Waals surface area contributed by atoms with Gasteiger partial charge in [-0.15, -0.1) is 0 Å². The van der Waals surface area contributed by atoms with Crippen molar-refractivity contribution in [2.75, 3.05) is 6.54 Å². The van der Waals surface area contributed by atoms with Gasteiger partial charge in [0, 0.05) is 18.7 Å². The van der Waals surface area contributed by atoms with E-state index in [2.05, 4.69) is 9.71 Å². The Kier molecular flexibility index (Phi) is 4.10. The van der Waals surface area contributed by atoms with E-state index in [9.17, 15) is 18.5 Å². The largest absolute Gasteiger partial charge is 0.363 e. The average Bonchev–Trinajstić information content (AvgIpc) is 2.28. The minimum Gasteiger partial charge on any atom is -0.358 e. The second-order valence-corrected chi connectivity index (χ2v) is 5.08. The molecule has 0 radical (unpaired) electrons. The molecular formula is C8H12N4O4S. The second kappa shape index (κ2) is 5.17. The predicted octanol–water partition coefficient (Wildman–Crippen LogP) is -0.385. The molecule has 0 spiro atoms. The Labute approximate surface area is 98.0 Å². The third-order valence-electron chi connectivity index (χ3n) is 1.93. The first-order chi connectivity index (χ1) is 7.86. The first-order valence-corrected chi connectivity index (χ1v) is 6.18. The Morgan fingerprint density at radius 2 is 2.24 bits per heavy atom. The van der Waals surface area contributed by atoms with E-state index in [-0.39, 0.29) is 11.4 Å². The molecule has 1 heterocycles. The molecule has 8 nitrogen and oxygen atoms in total. The van der Waals surface area contributed by atoms with Gasteiger partial charge in [-0.1, -0.05) is 0 Å². The van der Waals surface area contributed by atoms with Gasteiger partial charge in [0.05, 0.1) is 0 Å². The summed E-state index contributed by atoms with van der Waals surface area (Å²) in [5.41, 5.74) is 5.29. The molecule has 0 aliphatic heterocycles. The summed E-state index contributed by atoms with van der Waals surface area (Å²) in [5, 5.41) is 10.3. The van der Waals surface area contributed by atoms with Crippen LogP contribution < -0.4 is 10.5 Å². The van der Waals surface area contributed by atoms with E-state index in [0.717, 1.165) is 18.3 Å². The molecule has 0 aliphatic rings. The normalized spacial score (nSPS) is 13.3. The van der Waals surface area contributed by atoms with Crippen molar-refractivity contribution >= 4 is 15.8 Å². The van der Waals surface area contributed by atoms with Crippen LogP contribution in [0.15, 0.2) is 23.2 Å². The summed E-state index contributed by atoms with van der Waals surface area (Å²) in [6, 6.07) is 1.73. The van der Waals surface area contributed by atoms with E-state index in [1.54, 1.807) is 6.92 Å². The highest BCUT2D eigenvalue weighted by atomic mass is 32.2. The molecule has 1 atom stereocenters. The van der Waals surface area contributed by atoms with Crippen LogP contribution in [0.25, 0.3) is 0 Å². The molecule has 0 aliphatic carbocycles. The number of aromatic nitrogens is 1. The van der Waals surface area contributed by atoms with Gasteiger partial charge < -0.3 is 15.8 Å². The minimum atomic E-state index is -3.73. The van der Waals surface area contributed by atoms with E-state index >= 15 is 0 Å². The fraction of sp³-hybridized carbons (Fsp3) is 0.375. The van der Waals surface area contributed by atoms with E-state index < -0.39 is 26.8 Å². The number of nitrogens with zero attached hydrogens (tertiary/aromatic N) is 2. The third kappa shape index (κ3) is 3.44. The Bertz CT molecular complexity index is 499. The van der Waals surface area contributed by atoms with Crippen molar-refractivity contribution in [3.63, 3.8) is 0 Å². The number of nitro groups is 1. The molecule has 0 amide bonds. The second-order valence-electron chi connectivity index (χ2n) is 3.37. The summed E-state index contributed by atoms with van der Waals surface area (Å²) in [7, 11) is -3.73. The van der Waals surface area contributed by atoms with Gasteiger partial charge in [-0.2, -0.15) is 0 Å². The van der Waals surface area contributed by atoms with Crippen LogP contribution in [0.4, 0.5) is 5.82 Å². The van der Waals surface area contributed by atoms with Gasteiger partial charge in [-0.3, -0.25) is 0 Å². The Morgan fingerprint density at radius 1 is 1.59 bits per heavy atom. The summed E-state index contributed by atoms with van der Waals surface area (Å²) in [6.07, 6.45) is 0.934. The van der Waals surface area contributed by atoms with Crippen molar-refractivity contribution in [1.29, 1.82) is 0 Å². The molecule has 3 N–H and O–H groups in total. The number of nitrogens with two attached hydrogens (primary N) is 1. The Morgan fingerprint density at radius 3 is 2.65 bits per heavy atom. The van der Waals surface area contributed by atoms with Crippen molar-refractivity contribution in [1.82, 2.24) is 9.71 Å². The number of sulfonamides is 1. The summed E-state index contributed by atoms with van der Waals surface area (Å²) < 4.78 is 25.7. The number of pyridine rings is 1. The lowest BCUT2D eigenvalue weighted by atomic mass is 10.4. The molecule has 1 aromatic rings. The highest BCUT2D eigenvalue weighted by Gasteiger charge is 2.19. The topological polar surface area (TPSA) is 128 Å². The molecular weight excluding hydrogens is 248 g/mol. The van der Waals surface area contributed by atoms with Crippen LogP contribution >= 0.6 is 0 Å². The standard InChI is InChI=1S/C8H12N4O4S/c1-6(4-9)11-17(15,16)7-2-3-8(10-5-7)12(13)14/h2-3,5-6,11H,4,9H2,1H3/t6-/m1/s1. The van der Waals surface area contributed by atoms with Gasteiger partial charge in [-0.05, 0) is 22.9 Å². The van der Waals surface area contributed by atoms with E-state index in [1.165, 1.54) is 0 Å². The zero-order valence-corrected chi connectivity index (χ0v) is 9.85. The monoisotopic (exact) mass is 260 g/mol. The van der Waals surface area contributed by atoms with Gasteiger partial charge in [0.15, 0.2) is 6.20 Å². The van der Waals surface area contributed by atoms with Crippen LogP contribution in [0.3, 0.4) is 0 Å². The maximum absolute atomic E-state index is 11.7. The summed E-state index contributed by atoms with van der Waals surface area (Å²) in [5.74, 6) is -0.407. The lowest BCUT2D eigenvalue weighted by Gasteiger charge is -2.10. The van der Waals surface area contributed by atoms with Gasteiger partial charge >= 0.3 is 5.82 Å². The summed E-state index contributed by atoms with van der Waals surface area (Å²) in [6.45, 7) is 1.76. The number of hydrogen-bond donors (Lipinski definition) is 2. The lowest BCUT2D eigenvalue weighted by Crippen LogP contribution is -2.37. The highest BCUT2D eigenvalue weighted by molar-refractivity contribution is 7.89. The molecule has 0 saturated carbocycles. The molecule has 0 fully saturated rings. The van der Waals surface area contributed by atoms with Crippen molar-refractivity contribution in [2.45, 2.75) is 17.9 Å². The third-order valence-corrected chi connectivity index (χ3v) is 3.50. The number of nitrogens with one attached hydrogen (secondary N) is 1. The molecule has 17 heavy (non-hydrogen) atoms. The van der Waals surface area contributed by atoms with Crippen LogP contribution in [0.2, 0.25) is 0 Å². The van der Waals surface area contributed by atoms with Gasteiger partial charge in [-0.25, -0.2) is 13.1 Å². The molecule has 94 valence electrons.